The van der Waals surface area contributed by atoms with Gasteiger partial charge in [0, 0.05) is 25.3 Å². The van der Waals surface area contributed by atoms with Gasteiger partial charge in [0.1, 0.15) is 5.75 Å². The van der Waals surface area contributed by atoms with Crippen molar-refractivity contribution in [3.05, 3.63) is 23.8 Å². The molecule has 20 heavy (non-hydrogen) atoms. The average molecular weight is 278 g/mol. The van der Waals surface area contributed by atoms with E-state index in [4.69, 9.17) is 15.2 Å². The minimum Gasteiger partial charge on any atom is -0.492 e. The van der Waals surface area contributed by atoms with Crippen molar-refractivity contribution in [1.29, 1.82) is 0 Å². The molecule has 5 heteroatoms. The van der Waals surface area contributed by atoms with Crippen molar-refractivity contribution in [3.63, 3.8) is 0 Å². The van der Waals surface area contributed by atoms with E-state index in [1.807, 2.05) is 18.7 Å². The van der Waals surface area contributed by atoms with E-state index in [2.05, 4.69) is 0 Å². The Morgan fingerprint density at radius 1 is 1.55 bits per heavy atom. The van der Waals surface area contributed by atoms with Crippen LogP contribution in [0.5, 0.6) is 5.75 Å². The van der Waals surface area contributed by atoms with Gasteiger partial charge < -0.3 is 20.1 Å². The lowest BCUT2D eigenvalue weighted by Crippen LogP contribution is -2.35. The maximum atomic E-state index is 12.5. The molecule has 1 unspecified atom stereocenters. The van der Waals surface area contributed by atoms with Crippen LogP contribution in [-0.4, -0.2) is 43.2 Å². The quantitative estimate of drug-likeness (QED) is 0.858. The second-order valence-electron chi connectivity index (χ2n) is 4.97. The topological polar surface area (TPSA) is 64.8 Å². The van der Waals surface area contributed by atoms with Crippen molar-refractivity contribution in [3.8, 4) is 5.75 Å². The number of nitrogens with zero attached hydrogens (tertiary/aromatic N) is 1. The van der Waals surface area contributed by atoms with Crippen LogP contribution in [0.2, 0.25) is 0 Å². The SMILES string of the molecule is CCOc1ccc(C(=O)N2CCCOC(C)C2)cc1N. The fourth-order valence-electron chi connectivity index (χ4n) is 2.33. The van der Waals surface area contributed by atoms with Crippen LogP contribution in [0.15, 0.2) is 18.2 Å². The third kappa shape index (κ3) is 3.42. The normalized spacial score (nSPS) is 19.5. The number of amides is 1. The second kappa shape index (κ2) is 6.61. The van der Waals surface area contributed by atoms with E-state index >= 15 is 0 Å². The van der Waals surface area contributed by atoms with Gasteiger partial charge in [-0.15, -0.1) is 0 Å². The fraction of sp³-hybridized carbons (Fsp3) is 0.533. The molecule has 1 heterocycles. The van der Waals surface area contributed by atoms with Crippen molar-refractivity contribution in [2.45, 2.75) is 26.4 Å². The summed E-state index contributed by atoms with van der Waals surface area (Å²) in [6, 6.07) is 5.20. The van der Waals surface area contributed by atoms with Crippen molar-refractivity contribution < 1.29 is 14.3 Å². The Morgan fingerprint density at radius 3 is 3.05 bits per heavy atom. The molecule has 0 radical (unpaired) electrons. The predicted molar refractivity (Wildman–Crippen MR) is 78.0 cm³/mol. The average Bonchev–Trinajstić information content (AvgIpc) is 2.65. The Morgan fingerprint density at radius 2 is 2.35 bits per heavy atom. The summed E-state index contributed by atoms with van der Waals surface area (Å²) >= 11 is 0. The molecule has 1 fully saturated rings. The van der Waals surface area contributed by atoms with Gasteiger partial charge in [-0.25, -0.2) is 0 Å². The molecule has 2 rings (SSSR count). The Labute approximate surface area is 119 Å². The van der Waals surface area contributed by atoms with E-state index in [9.17, 15) is 4.79 Å². The molecule has 1 aromatic carbocycles. The third-order valence-corrected chi connectivity index (χ3v) is 3.30. The van der Waals surface area contributed by atoms with E-state index in [1.54, 1.807) is 18.2 Å². The first-order valence-corrected chi connectivity index (χ1v) is 7.05. The number of ether oxygens (including phenoxy) is 2. The predicted octanol–water partition coefficient (Wildman–Crippen LogP) is 1.92. The van der Waals surface area contributed by atoms with Gasteiger partial charge in [0.25, 0.3) is 5.91 Å². The van der Waals surface area contributed by atoms with E-state index < -0.39 is 0 Å². The monoisotopic (exact) mass is 278 g/mol. The standard InChI is InChI=1S/C15H22N2O3/c1-3-19-14-6-5-12(9-13(14)16)15(18)17-7-4-8-20-11(2)10-17/h5-6,9,11H,3-4,7-8,10,16H2,1-2H3. The van der Waals surface area contributed by atoms with E-state index in [0.29, 0.717) is 36.8 Å². The van der Waals surface area contributed by atoms with Crippen molar-refractivity contribution in [1.82, 2.24) is 4.90 Å². The summed E-state index contributed by atoms with van der Waals surface area (Å²) in [5.74, 6) is 0.619. The number of hydrogen-bond donors (Lipinski definition) is 1. The molecule has 0 spiro atoms. The summed E-state index contributed by atoms with van der Waals surface area (Å²) in [6.07, 6.45) is 0.935. The van der Waals surface area contributed by atoms with Crippen molar-refractivity contribution in [2.75, 3.05) is 32.0 Å². The highest BCUT2D eigenvalue weighted by atomic mass is 16.5. The summed E-state index contributed by atoms with van der Waals surface area (Å²) in [4.78, 5) is 14.3. The highest BCUT2D eigenvalue weighted by Crippen LogP contribution is 2.23. The molecule has 1 atom stereocenters. The van der Waals surface area contributed by atoms with Gasteiger partial charge in [0.2, 0.25) is 0 Å². The number of carbonyl (C=O) groups excluding carboxylic acids is 1. The Hall–Kier alpha value is -1.75. The highest BCUT2D eigenvalue weighted by Gasteiger charge is 2.21. The number of carbonyl (C=O) groups is 1. The number of rotatable bonds is 3. The highest BCUT2D eigenvalue weighted by molar-refractivity contribution is 5.95. The third-order valence-electron chi connectivity index (χ3n) is 3.30. The molecule has 1 saturated heterocycles. The first kappa shape index (κ1) is 14.7. The smallest absolute Gasteiger partial charge is 0.254 e. The molecule has 2 N–H and O–H groups in total. The van der Waals surface area contributed by atoms with Gasteiger partial charge in [-0.1, -0.05) is 0 Å². The minimum atomic E-state index is -0.00269. The van der Waals surface area contributed by atoms with E-state index in [0.717, 1.165) is 13.0 Å². The zero-order chi connectivity index (χ0) is 14.5. The minimum absolute atomic E-state index is 0.00269. The van der Waals surface area contributed by atoms with Crippen LogP contribution in [-0.2, 0) is 4.74 Å². The summed E-state index contributed by atoms with van der Waals surface area (Å²) in [7, 11) is 0. The zero-order valence-corrected chi connectivity index (χ0v) is 12.1. The van der Waals surface area contributed by atoms with Crippen molar-refractivity contribution >= 4 is 11.6 Å². The van der Waals surface area contributed by atoms with E-state index in [-0.39, 0.29) is 12.0 Å². The van der Waals surface area contributed by atoms with Crippen LogP contribution in [0.3, 0.4) is 0 Å². The molecular weight excluding hydrogens is 256 g/mol. The number of hydrogen-bond acceptors (Lipinski definition) is 4. The first-order valence-electron chi connectivity index (χ1n) is 7.05. The van der Waals surface area contributed by atoms with Gasteiger partial charge in [0.05, 0.1) is 18.4 Å². The van der Waals surface area contributed by atoms with Crippen LogP contribution in [0, 0.1) is 0 Å². The van der Waals surface area contributed by atoms with Crippen molar-refractivity contribution in [2.24, 2.45) is 0 Å². The molecule has 0 aliphatic carbocycles. The Balaban J connectivity index is 2.13. The Kier molecular flexibility index (Phi) is 4.84. The summed E-state index contributed by atoms with van der Waals surface area (Å²) < 4.78 is 10.9. The van der Waals surface area contributed by atoms with Crippen LogP contribution < -0.4 is 10.5 Å². The molecule has 1 aliphatic rings. The zero-order valence-electron chi connectivity index (χ0n) is 12.1. The summed E-state index contributed by atoms with van der Waals surface area (Å²) in [6.45, 7) is 6.48. The van der Waals surface area contributed by atoms with Gasteiger partial charge in [-0.3, -0.25) is 4.79 Å². The van der Waals surface area contributed by atoms with Crippen LogP contribution >= 0.6 is 0 Å². The lowest BCUT2D eigenvalue weighted by Gasteiger charge is -2.22. The van der Waals surface area contributed by atoms with Crippen LogP contribution in [0.1, 0.15) is 30.6 Å². The lowest BCUT2D eigenvalue weighted by molar-refractivity contribution is 0.0563. The lowest BCUT2D eigenvalue weighted by atomic mass is 10.1. The van der Waals surface area contributed by atoms with Crippen LogP contribution in [0.25, 0.3) is 0 Å². The number of nitrogen functional groups attached to an aromatic ring is 1. The largest absolute Gasteiger partial charge is 0.492 e. The number of anilines is 1. The Bertz CT molecular complexity index is 476. The molecule has 1 aromatic rings. The maximum Gasteiger partial charge on any atom is 0.254 e. The molecular formula is C15H22N2O3. The van der Waals surface area contributed by atoms with Gasteiger partial charge in [0.15, 0.2) is 0 Å². The van der Waals surface area contributed by atoms with Gasteiger partial charge >= 0.3 is 0 Å². The van der Waals surface area contributed by atoms with Gasteiger partial charge in [-0.05, 0) is 38.5 Å². The summed E-state index contributed by atoms with van der Waals surface area (Å²) in [5, 5.41) is 0. The van der Waals surface area contributed by atoms with Crippen LogP contribution in [0.4, 0.5) is 5.69 Å². The van der Waals surface area contributed by atoms with Gasteiger partial charge in [-0.2, -0.15) is 0 Å². The molecule has 0 saturated carbocycles. The maximum absolute atomic E-state index is 12.5. The fourth-order valence-corrected chi connectivity index (χ4v) is 2.33. The molecule has 0 aromatic heterocycles. The molecule has 1 amide bonds. The number of nitrogens with two attached hydrogens (primary N) is 1. The molecule has 1 aliphatic heterocycles. The summed E-state index contributed by atoms with van der Waals surface area (Å²) in [5.41, 5.74) is 7.01. The first-order chi connectivity index (χ1) is 9.61. The molecule has 110 valence electrons. The molecule has 5 nitrogen and oxygen atoms in total. The molecule has 0 bridgehead atoms. The number of benzene rings is 1. The second-order valence-corrected chi connectivity index (χ2v) is 4.97. The van der Waals surface area contributed by atoms with E-state index in [1.165, 1.54) is 0 Å².